The molecule has 2 heterocycles. The normalized spacial score (nSPS) is 11.2. The summed E-state index contributed by atoms with van der Waals surface area (Å²) in [6.45, 7) is 4.10. The van der Waals surface area contributed by atoms with Gasteiger partial charge in [-0.05, 0) is 92.5 Å². The summed E-state index contributed by atoms with van der Waals surface area (Å²) in [5.41, 5.74) is 11.7. The Morgan fingerprint density at radius 1 is 0.425 bits per heavy atom. The van der Waals surface area contributed by atoms with Crippen LogP contribution in [0.15, 0.2) is 134 Å². The molecule has 0 N–H and O–H groups in total. The quantitative estimate of drug-likeness (QED) is 0.219. The fourth-order valence-corrected chi connectivity index (χ4v) is 5.75. The topological polar surface area (TPSA) is 25.8 Å². The van der Waals surface area contributed by atoms with Crippen LogP contribution in [-0.2, 0) is 0 Å². The van der Waals surface area contributed by atoms with Crippen molar-refractivity contribution < 1.29 is 0 Å². The fourth-order valence-electron chi connectivity index (χ4n) is 5.75. The highest BCUT2D eigenvalue weighted by Gasteiger charge is 2.16. The summed E-state index contributed by atoms with van der Waals surface area (Å²) in [4.78, 5) is 8.97. The van der Waals surface area contributed by atoms with Gasteiger partial charge in [0.2, 0.25) is 0 Å². The number of benzene rings is 5. The highest BCUT2D eigenvalue weighted by atomic mass is 14.7. The molecular weight excluding hydrogens is 484 g/mol. The van der Waals surface area contributed by atoms with E-state index in [1.165, 1.54) is 60.5 Å². The Morgan fingerprint density at radius 2 is 0.925 bits per heavy atom. The predicted octanol–water partition coefficient (Wildman–Crippen LogP) is 10.1. The Labute approximate surface area is 234 Å². The SMILES string of the molecule is Cc1ccc(-c2ccc(-c3c4ccccc4c(-c4ccc(-c5ccnc(C)c5)cc4)c4ccccc34)cc2)nc1. The van der Waals surface area contributed by atoms with Crippen molar-refractivity contribution in [1.29, 1.82) is 0 Å². The van der Waals surface area contributed by atoms with Gasteiger partial charge in [-0.2, -0.15) is 0 Å². The largest absolute Gasteiger partial charge is 0.262 e. The third-order valence-corrected chi connectivity index (χ3v) is 7.72. The van der Waals surface area contributed by atoms with Crippen molar-refractivity contribution in [2.45, 2.75) is 13.8 Å². The lowest BCUT2D eigenvalue weighted by atomic mass is 9.85. The summed E-state index contributed by atoms with van der Waals surface area (Å²) in [5.74, 6) is 0. The van der Waals surface area contributed by atoms with Crippen LogP contribution in [0.2, 0.25) is 0 Å². The van der Waals surface area contributed by atoms with Gasteiger partial charge in [0.05, 0.1) is 5.69 Å². The first-order valence-electron chi connectivity index (χ1n) is 13.7. The molecule has 0 radical (unpaired) electrons. The van der Waals surface area contributed by atoms with Gasteiger partial charge in [-0.25, -0.2) is 0 Å². The molecular formula is C38H28N2. The summed E-state index contributed by atoms with van der Waals surface area (Å²) < 4.78 is 0. The molecule has 7 aromatic rings. The van der Waals surface area contributed by atoms with Crippen molar-refractivity contribution in [1.82, 2.24) is 9.97 Å². The summed E-state index contributed by atoms with van der Waals surface area (Å²) >= 11 is 0. The van der Waals surface area contributed by atoms with E-state index in [1.807, 2.05) is 19.3 Å². The first kappa shape index (κ1) is 24.0. The van der Waals surface area contributed by atoms with Gasteiger partial charge in [0.15, 0.2) is 0 Å². The van der Waals surface area contributed by atoms with E-state index < -0.39 is 0 Å². The first-order valence-corrected chi connectivity index (χ1v) is 13.7. The molecule has 40 heavy (non-hydrogen) atoms. The van der Waals surface area contributed by atoms with E-state index in [4.69, 9.17) is 0 Å². The van der Waals surface area contributed by atoms with Crippen LogP contribution in [0.4, 0.5) is 0 Å². The molecule has 0 unspecified atom stereocenters. The summed E-state index contributed by atoms with van der Waals surface area (Å²) in [7, 11) is 0. The molecule has 190 valence electrons. The van der Waals surface area contributed by atoms with E-state index in [2.05, 4.69) is 138 Å². The molecule has 5 aromatic carbocycles. The Balaban J connectivity index is 1.40. The van der Waals surface area contributed by atoms with Gasteiger partial charge >= 0.3 is 0 Å². The van der Waals surface area contributed by atoms with Crippen molar-refractivity contribution in [2.75, 3.05) is 0 Å². The molecule has 2 heteroatoms. The molecule has 0 aliphatic rings. The van der Waals surface area contributed by atoms with Gasteiger partial charge in [-0.15, -0.1) is 0 Å². The lowest BCUT2D eigenvalue weighted by molar-refractivity contribution is 1.20. The molecule has 0 atom stereocenters. The molecule has 2 aromatic heterocycles. The summed E-state index contributed by atoms with van der Waals surface area (Å²) in [6.07, 6.45) is 3.80. The second kappa shape index (κ2) is 9.91. The molecule has 0 spiro atoms. The van der Waals surface area contributed by atoms with E-state index in [-0.39, 0.29) is 0 Å². The maximum absolute atomic E-state index is 4.62. The van der Waals surface area contributed by atoms with Crippen molar-refractivity contribution in [3.8, 4) is 44.6 Å². The van der Waals surface area contributed by atoms with Gasteiger partial charge < -0.3 is 0 Å². The molecule has 7 rings (SSSR count). The minimum absolute atomic E-state index is 0.993. The lowest BCUT2D eigenvalue weighted by Crippen LogP contribution is -1.91. The average Bonchev–Trinajstić information content (AvgIpc) is 3.00. The number of rotatable bonds is 4. The molecule has 0 saturated heterocycles. The van der Waals surface area contributed by atoms with Crippen LogP contribution in [0.1, 0.15) is 11.3 Å². The number of hydrogen-bond donors (Lipinski definition) is 0. The van der Waals surface area contributed by atoms with Crippen LogP contribution in [0.25, 0.3) is 66.2 Å². The smallest absolute Gasteiger partial charge is 0.0702 e. The summed E-state index contributed by atoms with van der Waals surface area (Å²) in [6, 6.07) is 43.8. The van der Waals surface area contributed by atoms with E-state index in [0.29, 0.717) is 0 Å². The monoisotopic (exact) mass is 512 g/mol. The maximum Gasteiger partial charge on any atom is 0.0702 e. The van der Waals surface area contributed by atoms with Gasteiger partial charge in [-0.3, -0.25) is 9.97 Å². The zero-order chi connectivity index (χ0) is 27.1. The molecule has 0 amide bonds. The third-order valence-electron chi connectivity index (χ3n) is 7.72. The molecule has 0 saturated carbocycles. The Bertz CT molecular complexity index is 1930. The maximum atomic E-state index is 4.62. The van der Waals surface area contributed by atoms with Crippen LogP contribution in [-0.4, -0.2) is 9.97 Å². The van der Waals surface area contributed by atoms with E-state index in [1.54, 1.807) is 0 Å². The fraction of sp³-hybridized carbons (Fsp3) is 0.0526. The van der Waals surface area contributed by atoms with Gasteiger partial charge in [0, 0.05) is 23.7 Å². The number of nitrogens with zero attached hydrogens (tertiary/aromatic N) is 2. The molecule has 0 fully saturated rings. The zero-order valence-electron chi connectivity index (χ0n) is 22.6. The highest BCUT2D eigenvalue weighted by Crippen LogP contribution is 2.44. The third kappa shape index (κ3) is 4.24. The standard InChI is InChI=1S/C38H28N2/c1-25-11-20-36(40-24-25)28-14-18-30(19-15-28)38-34-9-5-3-7-32(34)37(33-8-4-6-10-35(33)38)29-16-12-27(13-17-29)31-21-22-39-26(2)23-31/h3-24H,1-2H3. The van der Waals surface area contributed by atoms with Gasteiger partial charge in [0.1, 0.15) is 0 Å². The van der Waals surface area contributed by atoms with Crippen LogP contribution in [0.5, 0.6) is 0 Å². The second-order valence-corrected chi connectivity index (χ2v) is 10.4. The minimum atomic E-state index is 0.993. The number of aromatic nitrogens is 2. The van der Waals surface area contributed by atoms with Gasteiger partial charge in [-0.1, -0.05) is 103 Å². The van der Waals surface area contributed by atoms with Gasteiger partial charge in [0.25, 0.3) is 0 Å². The zero-order valence-corrected chi connectivity index (χ0v) is 22.6. The van der Waals surface area contributed by atoms with E-state index >= 15 is 0 Å². The van der Waals surface area contributed by atoms with Crippen LogP contribution >= 0.6 is 0 Å². The Hall–Kier alpha value is -5.08. The van der Waals surface area contributed by atoms with Crippen molar-refractivity contribution in [2.24, 2.45) is 0 Å². The minimum Gasteiger partial charge on any atom is -0.262 e. The number of hydrogen-bond acceptors (Lipinski definition) is 2. The first-order chi connectivity index (χ1) is 19.7. The Morgan fingerprint density at radius 3 is 1.40 bits per heavy atom. The molecule has 2 nitrogen and oxygen atoms in total. The lowest BCUT2D eigenvalue weighted by Gasteiger charge is -2.18. The van der Waals surface area contributed by atoms with Crippen molar-refractivity contribution in [3.05, 3.63) is 145 Å². The molecule has 0 aliphatic heterocycles. The Kier molecular flexibility index (Phi) is 5.94. The molecule has 0 aliphatic carbocycles. The number of fused-ring (bicyclic) bond motifs is 2. The van der Waals surface area contributed by atoms with Crippen LogP contribution < -0.4 is 0 Å². The highest BCUT2D eigenvalue weighted by molar-refractivity contribution is 6.21. The van der Waals surface area contributed by atoms with Crippen molar-refractivity contribution in [3.63, 3.8) is 0 Å². The van der Waals surface area contributed by atoms with Crippen molar-refractivity contribution >= 4 is 21.5 Å². The van der Waals surface area contributed by atoms with Crippen LogP contribution in [0.3, 0.4) is 0 Å². The number of aryl methyl sites for hydroxylation is 2. The number of pyridine rings is 2. The van der Waals surface area contributed by atoms with E-state index in [9.17, 15) is 0 Å². The van der Waals surface area contributed by atoms with E-state index in [0.717, 1.165) is 17.0 Å². The average molecular weight is 513 g/mol. The van der Waals surface area contributed by atoms with Crippen LogP contribution in [0, 0.1) is 13.8 Å². The second-order valence-electron chi connectivity index (χ2n) is 10.4. The molecule has 0 bridgehead atoms. The summed E-state index contributed by atoms with van der Waals surface area (Å²) in [5, 5.41) is 5.03. The predicted molar refractivity (Wildman–Crippen MR) is 168 cm³/mol.